The first-order valence-electron chi connectivity index (χ1n) is 6.49. The van der Waals surface area contributed by atoms with Crippen LogP contribution in [0.5, 0.6) is 0 Å². The van der Waals surface area contributed by atoms with Crippen molar-refractivity contribution in [1.29, 1.82) is 0 Å². The van der Waals surface area contributed by atoms with E-state index in [2.05, 4.69) is 66.1 Å². The Morgan fingerprint density at radius 3 is 2.56 bits per heavy atom. The van der Waals surface area contributed by atoms with Gasteiger partial charge in [-0.25, -0.2) is 0 Å². The number of aliphatic imine (C=N–C) groups is 1. The minimum atomic E-state index is 0.153. The van der Waals surface area contributed by atoms with Gasteiger partial charge in [0.25, 0.3) is 0 Å². The van der Waals surface area contributed by atoms with Crippen molar-refractivity contribution in [2.24, 2.45) is 4.99 Å². The number of amidine groups is 1. The lowest BCUT2D eigenvalue weighted by atomic mass is 9.85. The fourth-order valence-corrected chi connectivity index (χ4v) is 2.53. The molecule has 18 heavy (non-hydrogen) atoms. The molecule has 1 aliphatic rings. The second-order valence-corrected chi connectivity index (χ2v) is 6.75. The molecule has 3 heteroatoms. The first kappa shape index (κ1) is 13.6. The van der Waals surface area contributed by atoms with Gasteiger partial charge >= 0.3 is 0 Å². The Morgan fingerprint density at radius 1 is 1.28 bits per heavy atom. The molecule has 98 valence electrons. The second kappa shape index (κ2) is 5.04. The Hall–Kier alpha value is -0.830. The van der Waals surface area contributed by atoms with E-state index >= 15 is 0 Å². The van der Waals surface area contributed by atoms with E-state index in [-0.39, 0.29) is 5.41 Å². The van der Waals surface area contributed by atoms with Gasteiger partial charge in [-0.3, -0.25) is 4.99 Å². The maximum Gasteiger partial charge on any atom is 0.128 e. The molecular formula is C15H21BrN2. The number of hydrogen-bond donors (Lipinski definition) is 1. The van der Waals surface area contributed by atoms with E-state index in [0.29, 0.717) is 0 Å². The summed E-state index contributed by atoms with van der Waals surface area (Å²) < 4.78 is 1.17. The molecule has 2 nitrogen and oxygen atoms in total. The lowest BCUT2D eigenvalue weighted by Crippen LogP contribution is -2.31. The maximum atomic E-state index is 4.61. The number of rotatable bonds is 1. The summed E-state index contributed by atoms with van der Waals surface area (Å²) in [5, 5.41) is 3.41. The molecule has 0 saturated heterocycles. The lowest BCUT2D eigenvalue weighted by molar-refractivity contribution is 0.589. The largest absolute Gasteiger partial charge is 0.370 e. The Labute approximate surface area is 118 Å². The van der Waals surface area contributed by atoms with E-state index in [1.807, 2.05) is 0 Å². The van der Waals surface area contributed by atoms with Gasteiger partial charge in [0.1, 0.15) is 5.84 Å². The third-order valence-electron chi connectivity index (χ3n) is 3.36. The third-order valence-corrected chi connectivity index (χ3v) is 4.19. The van der Waals surface area contributed by atoms with Crippen molar-refractivity contribution >= 4 is 21.8 Å². The van der Waals surface area contributed by atoms with Gasteiger partial charge in [-0.1, -0.05) is 36.7 Å². The van der Waals surface area contributed by atoms with Gasteiger partial charge in [-0.15, -0.1) is 0 Å². The van der Waals surface area contributed by atoms with Crippen molar-refractivity contribution < 1.29 is 0 Å². The molecule has 0 radical (unpaired) electrons. The highest BCUT2D eigenvalue weighted by Gasteiger charge is 2.19. The summed E-state index contributed by atoms with van der Waals surface area (Å²) in [6.07, 6.45) is 1.13. The van der Waals surface area contributed by atoms with E-state index in [1.54, 1.807) is 0 Å². The molecule has 1 aromatic rings. The maximum absolute atomic E-state index is 4.61. The molecule has 0 aromatic heterocycles. The van der Waals surface area contributed by atoms with Crippen LogP contribution >= 0.6 is 15.9 Å². The Kier molecular flexibility index (Phi) is 3.81. The summed E-state index contributed by atoms with van der Waals surface area (Å²) in [6, 6.07) is 4.50. The molecule has 0 fully saturated rings. The van der Waals surface area contributed by atoms with Crippen molar-refractivity contribution in [2.45, 2.75) is 39.5 Å². The highest BCUT2D eigenvalue weighted by atomic mass is 79.9. The standard InChI is InChI=1S/C15H21BrN2/c1-10-12(14-17-6-5-7-18-14)8-11(9-13(10)16)15(2,3)4/h8-9H,5-7H2,1-4H3,(H,17,18). The smallest absolute Gasteiger partial charge is 0.128 e. The number of hydrogen-bond acceptors (Lipinski definition) is 2. The van der Waals surface area contributed by atoms with Gasteiger partial charge in [0.15, 0.2) is 0 Å². The molecular weight excluding hydrogens is 288 g/mol. The molecule has 0 aliphatic carbocycles. The summed E-state index contributed by atoms with van der Waals surface area (Å²) in [6.45, 7) is 10.8. The number of halogens is 1. The van der Waals surface area contributed by atoms with Crippen molar-refractivity contribution in [3.05, 3.63) is 33.3 Å². The normalized spacial score (nSPS) is 16.2. The first-order valence-corrected chi connectivity index (χ1v) is 7.28. The molecule has 0 atom stereocenters. The zero-order valence-corrected chi connectivity index (χ0v) is 13.2. The Balaban J connectivity index is 2.52. The zero-order chi connectivity index (χ0) is 13.3. The highest BCUT2D eigenvalue weighted by molar-refractivity contribution is 9.10. The minimum absolute atomic E-state index is 0.153. The molecule has 1 aliphatic heterocycles. The van der Waals surface area contributed by atoms with Crippen LogP contribution in [0.2, 0.25) is 0 Å². The quantitative estimate of drug-likeness (QED) is 0.838. The van der Waals surface area contributed by atoms with Crippen molar-refractivity contribution in [3.63, 3.8) is 0 Å². The van der Waals surface area contributed by atoms with Crippen LogP contribution in [-0.2, 0) is 5.41 Å². The molecule has 1 heterocycles. The van der Waals surface area contributed by atoms with Crippen molar-refractivity contribution in [2.75, 3.05) is 13.1 Å². The van der Waals surface area contributed by atoms with Crippen molar-refractivity contribution in [1.82, 2.24) is 5.32 Å². The SMILES string of the molecule is Cc1c(Br)cc(C(C)(C)C)cc1C1=NCCCN1. The van der Waals surface area contributed by atoms with E-state index in [1.165, 1.54) is 21.2 Å². The monoisotopic (exact) mass is 308 g/mol. The van der Waals surface area contributed by atoms with Crippen LogP contribution in [0, 0.1) is 6.92 Å². The zero-order valence-electron chi connectivity index (χ0n) is 11.6. The Bertz CT molecular complexity index is 484. The topological polar surface area (TPSA) is 24.4 Å². The van der Waals surface area contributed by atoms with Gasteiger partial charge in [-0.05, 0) is 42.0 Å². The lowest BCUT2D eigenvalue weighted by Gasteiger charge is -2.23. The van der Waals surface area contributed by atoms with Gasteiger partial charge in [0.2, 0.25) is 0 Å². The summed E-state index contributed by atoms with van der Waals surface area (Å²) in [7, 11) is 0. The van der Waals surface area contributed by atoms with Crippen LogP contribution in [0.3, 0.4) is 0 Å². The molecule has 1 aromatic carbocycles. The first-order chi connectivity index (χ1) is 8.39. The summed E-state index contributed by atoms with van der Waals surface area (Å²) in [4.78, 5) is 4.61. The van der Waals surface area contributed by atoms with Crippen LogP contribution in [0.4, 0.5) is 0 Å². The minimum Gasteiger partial charge on any atom is -0.370 e. The fraction of sp³-hybridized carbons (Fsp3) is 0.533. The third kappa shape index (κ3) is 2.77. The number of nitrogens with zero attached hydrogens (tertiary/aromatic N) is 1. The molecule has 1 N–H and O–H groups in total. The number of nitrogens with one attached hydrogen (secondary N) is 1. The number of benzene rings is 1. The van der Waals surface area contributed by atoms with Gasteiger partial charge in [0, 0.05) is 23.1 Å². The molecule has 0 unspecified atom stereocenters. The van der Waals surface area contributed by atoms with Gasteiger partial charge in [-0.2, -0.15) is 0 Å². The van der Waals surface area contributed by atoms with E-state index in [0.717, 1.165) is 25.3 Å². The summed E-state index contributed by atoms with van der Waals surface area (Å²) in [5.74, 6) is 1.05. The van der Waals surface area contributed by atoms with E-state index < -0.39 is 0 Å². The molecule has 2 rings (SSSR count). The highest BCUT2D eigenvalue weighted by Crippen LogP contribution is 2.30. The average molecular weight is 309 g/mol. The van der Waals surface area contributed by atoms with Crippen molar-refractivity contribution in [3.8, 4) is 0 Å². The van der Waals surface area contributed by atoms with Crippen LogP contribution < -0.4 is 5.32 Å². The summed E-state index contributed by atoms with van der Waals surface area (Å²) in [5.41, 5.74) is 3.98. The summed E-state index contributed by atoms with van der Waals surface area (Å²) >= 11 is 3.67. The van der Waals surface area contributed by atoms with Gasteiger partial charge in [0.05, 0.1) is 0 Å². The molecule has 0 spiro atoms. The predicted molar refractivity (Wildman–Crippen MR) is 81.6 cm³/mol. The van der Waals surface area contributed by atoms with Crippen LogP contribution in [0.1, 0.15) is 43.9 Å². The Morgan fingerprint density at radius 2 is 2.00 bits per heavy atom. The van der Waals surface area contributed by atoms with Crippen LogP contribution in [0.25, 0.3) is 0 Å². The molecule has 0 bridgehead atoms. The van der Waals surface area contributed by atoms with E-state index in [9.17, 15) is 0 Å². The second-order valence-electron chi connectivity index (χ2n) is 5.89. The fourth-order valence-electron chi connectivity index (χ4n) is 2.07. The average Bonchev–Trinajstić information content (AvgIpc) is 2.32. The van der Waals surface area contributed by atoms with E-state index in [4.69, 9.17) is 0 Å². The van der Waals surface area contributed by atoms with Crippen LogP contribution in [0.15, 0.2) is 21.6 Å². The van der Waals surface area contributed by atoms with Gasteiger partial charge < -0.3 is 5.32 Å². The molecule has 0 saturated carbocycles. The predicted octanol–water partition coefficient (Wildman–Crippen LogP) is 3.79. The molecule has 0 amide bonds. The van der Waals surface area contributed by atoms with Crippen LogP contribution in [-0.4, -0.2) is 18.9 Å².